The van der Waals surface area contributed by atoms with E-state index in [-0.39, 0.29) is 24.2 Å². The summed E-state index contributed by atoms with van der Waals surface area (Å²) in [7, 11) is 0. The Bertz CT molecular complexity index is 660. The highest BCUT2D eigenvalue weighted by molar-refractivity contribution is 7.10. The van der Waals surface area contributed by atoms with Gasteiger partial charge in [-0.25, -0.2) is 13.6 Å². The van der Waals surface area contributed by atoms with Crippen molar-refractivity contribution in [3.05, 3.63) is 57.8 Å². The number of nitrogens with one attached hydrogen (secondary N) is 1. The third kappa shape index (κ3) is 3.11. The number of likely N-dealkylation sites (tertiary alicyclic amines) is 1. The molecule has 1 atom stereocenters. The van der Waals surface area contributed by atoms with Gasteiger partial charge in [-0.15, -0.1) is 11.3 Å². The third-order valence-electron chi connectivity index (χ3n) is 3.82. The molecule has 1 unspecified atom stereocenters. The van der Waals surface area contributed by atoms with Gasteiger partial charge in [-0.3, -0.25) is 0 Å². The van der Waals surface area contributed by atoms with E-state index in [2.05, 4.69) is 5.32 Å². The average molecular weight is 322 g/mol. The number of hydrogen-bond acceptors (Lipinski definition) is 2. The Morgan fingerprint density at radius 1 is 1.36 bits per heavy atom. The van der Waals surface area contributed by atoms with Crippen molar-refractivity contribution in [1.82, 2.24) is 10.2 Å². The summed E-state index contributed by atoms with van der Waals surface area (Å²) in [4.78, 5) is 15.2. The number of urea groups is 1. The highest BCUT2D eigenvalue weighted by atomic mass is 32.1. The van der Waals surface area contributed by atoms with Crippen LogP contribution < -0.4 is 5.32 Å². The summed E-state index contributed by atoms with van der Waals surface area (Å²) in [5, 5.41) is 4.68. The number of rotatable bonds is 3. The van der Waals surface area contributed by atoms with Gasteiger partial charge in [0.15, 0.2) is 0 Å². The van der Waals surface area contributed by atoms with Crippen LogP contribution in [0.4, 0.5) is 13.6 Å². The van der Waals surface area contributed by atoms with Gasteiger partial charge < -0.3 is 10.2 Å². The molecule has 1 saturated heterocycles. The monoisotopic (exact) mass is 322 g/mol. The second-order valence-electron chi connectivity index (χ2n) is 5.26. The molecule has 1 aliphatic rings. The highest BCUT2D eigenvalue weighted by Gasteiger charge is 2.30. The molecule has 2 amide bonds. The summed E-state index contributed by atoms with van der Waals surface area (Å²) < 4.78 is 26.7. The van der Waals surface area contributed by atoms with E-state index in [4.69, 9.17) is 0 Å². The smallest absolute Gasteiger partial charge is 0.318 e. The molecule has 116 valence electrons. The van der Waals surface area contributed by atoms with Gasteiger partial charge in [0.2, 0.25) is 0 Å². The number of benzene rings is 1. The maximum atomic E-state index is 13.6. The van der Waals surface area contributed by atoms with Crippen LogP contribution in [0.2, 0.25) is 0 Å². The molecule has 1 aliphatic heterocycles. The second-order valence-corrected chi connectivity index (χ2v) is 6.24. The number of halogens is 2. The molecular formula is C16H16F2N2OS. The predicted octanol–water partition coefficient (Wildman–Crippen LogP) is 4.07. The van der Waals surface area contributed by atoms with Crippen LogP contribution in [0, 0.1) is 11.6 Å². The van der Waals surface area contributed by atoms with Gasteiger partial charge in [-0.1, -0.05) is 6.07 Å². The van der Waals surface area contributed by atoms with Gasteiger partial charge in [-0.05, 0) is 42.5 Å². The van der Waals surface area contributed by atoms with E-state index < -0.39 is 11.6 Å². The average Bonchev–Trinajstić information content (AvgIpc) is 3.17. The van der Waals surface area contributed by atoms with Crippen LogP contribution in [-0.4, -0.2) is 17.5 Å². The van der Waals surface area contributed by atoms with E-state index in [1.165, 1.54) is 0 Å². The lowest BCUT2D eigenvalue weighted by molar-refractivity contribution is 0.193. The second kappa shape index (κ2) is 6.44. The quantitative estimate of drug-likeness (QED) is 0.907. The molecule has 0 radical (unpaired) electrons. The molecule has 0 aliphatic carbocycles. The Morgan fingerprint density at radius 3 is 3.00 bits per heavy atom. The highest BCUT2D eigenvalue weighted by Crippen LogP contribution is 2.34. The minimum Gasteiger partial charge on any atom is -0.334 e. The molecule has 22 heavy (non-hydrogen) atoms. The Kier molecular flexibility index (Phi) is 4.38. The van der Waals surface area contributed by atoms with Crippen molar-refractivity contribution in [2.75, 3.05) is 6.54 Å². The van der Waals surface area contributed by atoms with Crippen LogP contribution in [0.1, 0.15) is 29.3 Å². The Balaban J connectivity index is 1.65. The van der Waals surface area contributed by atoms with Crippen LogP contribution >= 0.6 is 11.3 Å². The van der Waals surface area contributed by atoms with E-state index in [0.717, 1.165) is 35.9 Å². The number of thiophene rings is 1. The lowest BCUT2D eigenvalue weighted by Gasteiger charge is -2.24. The molecule has 1 aromatic carbocycles. The summed E-state index contributed by atoms with van der Waals surface area (Å²) in [6, 6.07) is 7.08. The number of carbonyl (C=O) groups excluding carboxylic acids is 1. The van der Waals surface area contributed by atoms with Crippen molar-refractivity contribution in [2.45, 2.75) is 25.4 Å². The first-order valence-electron chi connectivity index (χ1n) is 7.17. The van der Waals surface area contributed by atoms with Crippen LogP contribution in [0.3, 0.4) is 0 Å². The summed E-state index contributed by atoms with van der Waals surface area (Å²) in [6.45, 7) is 0.663. The van der Waals surface area contributed by atoms with Crippen LogP contribution in [0.25, 0.3) is 0 Å². The summed E-state index contributed by atoms with van der Waals surface area (Å²) >= 11 is 1.63. The van der Waals surface area contributed by atoms with Crippen molar-refractivity contribution in [2.24, 2.45) is 0 Å². The summed E-state index contributed by atoms with van der Waals surface area (Å²) in [6.07, 6.45) is 1.88. The van der Waals surface area contributed by atoms with E-state index >= 15 is 0 Å². The molecule has 1 aromatic heterocycles. The topological polar surface area (TPSA) is 32.3 Å². The first-order chi connectivity index (χ1) is 10.6. The zero-order chi connectivity index (χ0) is 15.5. The zero-order valence-corrected chi connectivity index (χ0v) is 12.7. The first-order valence-corrected chi connectivity index (χ1v) is 8.05. The Labute approximate surface area is 131 Å². The molecule has 0 bridgehead atoms. The van der Waals surface area contributed by atoms with E-state index in [0.29, 0.717) is 6.54 Å². The molecule has 0 spiro atoms. The lowest BCUT2D eigenvalue weighted by Crippen LogP contribution is -2.39. The van der Waals surface area contributed by atoms with Gasteiger partial charge in [-0.2, -0.15) is 0 Å². The normalized spacial score (nSPS) is 17.7. The summed E-state index contributed by atoms with van der Waals surface area (Å²) in [5.74, 6) is -1.03. The molecule has 3 nitrogen and oxygen atoms in total. The minimum absolute atomic E-state index is 0.0178. The SMILES string of the molecule is O=C(NCc1cc(F)ccc1F)N1CCCC1c1cccs1. The molecule has 1 fully saturated rings. The van der Waals surface area contributed by atoms with Gasteiger partial charge >= 0.3 is 6.03 Å². The van der Waals surface area contributed by atoms with E-state index in [9.17, 15) is 13.6 Å². The van der Waals surface area contributed by atoms with Crippen LogP contribution in [0.5, 0.6) is 0 Å². The van der Waals surface area contributed by atoms with E-state index in [1.54, 1.807) is 16.2 Å². The number of carbonyl (C=O) groups is 1. The number of nitrogens with zero attached hydrogens (tertiary/aromatic N) is 1. The molecule has 3 rings (SSSR count). The molecule has 6 heteroatoms. The van der Waals surface area contributed by atoms with Crippen molar-refractivity contribution in [1.29, 1.82) is 0 Å². The fourth-order valence-corrected chi connectivity index (χ4v) is 3.61. The number of amides is 2. The molecular weight excluding hydrogens is 306 g/mol. The predicted molar refractivity (Wildman–Crippen MR) is 81.6 cm³/mol. The van der Waals surface area contributed by atoms with Crippen molar-refractivity contribution in [3.63, 3.8) is 0 Å². The first kappa shape index (κ1) is 15.0. The fraction of sp³-hybridized carbons (Fsp3) is 0.312. The van der Waals surface area contributed by atoms with Gasteiger partial charge in [0.1, 0.15) is 11.6 Å². The maximum Gasteiger partial charge on any atom is 0.318 e. The van der Waals surface area contributed by atoms with Crippen molar-refractivity contribution in [3.8, 4) is 0 Å². The summed E-state index contributed by atoms with van der Waals surface area (Å²) in [5.41, 5.74) is 0.153. The minimum atomic E-state index is -0.516. The zero-order valence-electron chi connectivity index (χ0n) is 11.9. The van der Waals surface area contributed by atoms with E-state index in [1.807, 2.05) is 17.5 Å². The lowest BCUT2D eigenvalue weighted by atomic mass is 10.2. The fourth-order valence-electron chi connectivity index (χ4n) is 2.74. The van der Waals surface area contributed by atoms with Gasteiger partial charge in [0.25, 0.3) is 0 Å². The standard InChI is InChI=1S/C16H16F2N2OS/c17-12-5-6-13(18)11(9-12)10-19-16(21)20-7-1-3-14(20)15-4-2-8-22-15/h2,4-6,8-9,14H,1,3,7,10H2,(H,19,21). The molecule has 2 heterocycles. The van der Waals surface area contributed by atoms with Crippen LogP contribution in [-0.2, 0) is 6.54 Å². The largest absolute Gasteiger partial charge is 0.334 e. The third-order valence-corrected chi connectivity index (χ3v) is 4.80. The van der Waals surface area contributed by atoms with Gasteiger partial charge in [0.05, 0.1) is 6.04 Å². The Morgan fingerprint density at radius 2 is 2.23 bits per heavy atom. The van der Waals surface area contributed by atoms with Crippen LogP contribution in [0.15, 0.2) is 35.7 Å². The molecule has 1 N–H and O–H groups in total. The number of hydrogen-bond donors (Lipinski definition) is 1. The molecule has 2 aromatic rings. The molecule has 0 saturated carbocycles. The van der Waals surface area contributed by atoms with Crippen molar-refractivity contribution < 1.29 is 13.6 Å². The maximum absolute atomic E-state index is 13.6. The van der Waals surface area contributed by atoms with Crippen molar-refractivity contribution >= 4 is 17.4 Å². The Hall–Kier alpha value is -1.95. The van der Waals surface area contributed by atoms with Gasteiger partial charge in [0, 0.05) is 23.5 Å².